The van der Waals surface area contributed by atoms with Gasteiger partial charge >= 0.3 is 11.4 Å². The number of nitrogens with zero attached hydrogens (tertiary/aromatic N) is 3. The van der Waals surface area contributed by atoms with Gasteiger partial charge in [-0.1, -0.05) is 13.0 Å². The van der Waals surface area contributed by atoms with Gasteiger partial charge in [0.1, 0.15) is 0 Å². The highest BCUT2D eigenvalue weighted by atomic mass is 16.6. The molecule has 21 heavy (non-hydrogen) atoms. The molecule has 0 aliphatic carbocycles. The third kappa shape index (κ3) is 3.13. The predicted octanol–water partition coefficient (Wildman–Crippen LogP) is 2.02. The summed E-state index contributed by atoms with van der Waals surface area (Å²) in [5.41, 5.74) is 0.463. The number of imidazole rings is 1. The smallest absolute Gasteiger partial charge is 0.328 e. The Kier molecular flexibility index (Phi) is 4.42. The Labute approximate surface area is 121 Å². The minimum absolute atomic E-state index is 0.101. The van der Waals surface area contributed by atoms with Crippen LogP contribution in [-0.2, 0) is 13.1 Å². The second kappa shape index (κ2) is 6.25. The molecule has 0 saturated carbocycles. The predicted molar refractivity (Wildman–Crippen MR) is 77.7 cm³/mol. The summed E-state index contributed by atoms with van der Waals surface area (Å²) in [6, 6.07) is 4.69. The maximum Gasteiger partial charge on any atom is 0.328 e. The summed E-state index contributed by atoms with van der Waals surface area (Å²) in [4.78, 5) is 22.6. The van der Waals surface area contributed by atoms with Gasteiger partial charge in [0.2, 0.25) is 0 Å². The molecule has 0 atom stereocenters. The van der Waals surface area contributed by atoms with Gasteiger partial charge in [0.15, 0.2) is 5.75 Å². The van der Waals surface area contributed by atoms with Crippen molar-refractivity contribution in [3.05, 3.63) is 56.8 Å². The molecule has 2 aromatic rings. The first-order chi connectivity index (χ1) is 10.1. The number of nitro groups is 1. The van der Waals surface area contributed by atoms with Crippen molar-refractivity contribution in [3.8, 4) is 5.75 Å². The standard InChI is InChI=1S/C14H17N3O4/c1-3-6-15-7-8-16(14(15)18)10-11-4-5-13(21-2)12(9-11)17(19)20/h4-5,7-9H,3,6,10H2,1-2H3. The Morgan fingerprint density at radius 1 is 1.29 bits per heavy atom. The molecule has 0 aliphatic heterocycles. The molecular weight excluding hydrogens is 274 g/mol. The van der Waals surface area contributed by atoms with E-state index in [9.17, 15) is 14.9 Å². The molecule has 2 rings (SSSR count). The van der Waals surface area contributed by atoms with E-state index in [1.165, 1.54) is 17.7 Å². The van der Waals surface area contributed by atoms with Crippen LogP contribution >= 0.6 is 0 Å². The lowest BCUT2D eigenvalue weighted by Crippen LogP contribution is -2.24. The molecule has 0 radical (unpaired) electrons. The Balaban J connectivity index is 2.30. The average Bonchev–Trinajstić information content (AvgIpc) is 2.80. The van der Waals surface area contributed by atoms with Crippen LogP contribution in [0.15, 0.2) is 35.4 Å². The summed E-state index contributed by atoms with van der Waals surface area (Å²) < 4.78 is 8.11. The van der Waals surface area contributed by atoms with Crippen molar-refractivity contribution in [2.24, 2.45) is 0 Å². The molecule has 0 fully saturated rings. The van der Waals surface area contributed by atoms with Crippen LogP contribution in [0.2, 0.25) is 0 Å². The summed E-state index contributed by atoms with van der Waals surface area (Å²) in [6.07, 6.45) is 4.29. The zero-order valence-corrected chi connectivity index (χ0v) is 12.0. The average molecular weight is 291 g/mol. The first kappa shape index (κ1) is 14.8. The normalized spacial score (nSPS) is 10.6. The number of hydrogen-bond donors (Lipinski definition) is 0. The van der Waals surface area contributed by atoms with Gasteiger partial charge in [-0.15, -0.1) is 0 Å². The minimum Gasteiger partial charge on any atom is -0.490 e. The summed E-state index contributed by atoms with van der Waals surface area (Å²) in [6.45, 7) is 2.95. The number of benzene rings is 1. The van der Waals surface area contributed by atoms with Gasteiger partial charge in [-0.25, -0.2) is 4.79 Å². The molecule has 112 valence electrons. The first-order valence-electron chi connectivity index (χ1n) is 6.63. The number of aryl methyl sites for hydroxylation is 1. The Hall–Kier alpha value is -2.57. The zero-order valence-electron chi connectivity index (χ0n) is 12.0. The number of hydrogen-bond acceptors (Lipinski definition) is 4. The number of aromatic nitrogens is 2. The second-order valence-corrected chi connectivity index (χ2v) is 4.67. The fourth-order valence-electron chi connectivity index (χ4n) is 2.16. The SMILES string of the molecule is CCCn1ccn(Cc2ccc(OC)c([N+](=O)[O-])c2)c1=O. The molecule has 0 aliphatic rings. The fourth-order valence-corrected chi connectivity index (χ4v) is 2.16. The Morgan fingerprint density at radius 2 is 2.00 bits per heavy atom. The van der Waals surface area contributed by atoms with E-state index < -0.39 is 4.92 Å². The Morgan fingerprint density at radius 3 is 2.62 bits per heavy atom. The van der Waals surface area contributed by atoms with Crippen molar-refractivity contribution >= 4 is 5.69 Å². The van der Waals surface area contributed by atoms with Crippen LogP contribution in [0.4, 0.5) is 5.69 Å². The summed E-state index contributed by atoms with van der Waals surface area (Å²) in [5.74, 6) is 0.208. The van der Waals surface area contributed by atoms with Crippen molar-refractivity contribution in [3.63, 3.8) is 0 Å². The summed E-state index contributed by atoms with van der Waals surface area (Å²) in [7, 11) is 1.39. The molecule has 0 saturated heterocycles. The lowest BCUT2D eigenvalue weighted by Gasteiger charge is -2.05. The number of ether oxygens (including phenoxy) is 1. The molecular formula is C14H17N3O4. The summed E-state index contributed by atoms with van der Waals surface area (Å²) in [5, 5.41) is 11.0. The highest BCUT2D eigenvalue weighted by molar-refractivity contribution is 5.48. The van der Waals surface area contributed by atoms with Crippen molar-refractivity contribution in [2.75, 3.05) is 7.11 Å². The Bertz CT molecular complexity index is 702. The molecule has 0 bridgehead atoms. The van der Waals surface area contributed by atoms with Crippen molar-refractivity contribution < 1.29 is 9.66 Å². The lowest BCUT2D eigenvalue weighted by atomic mass is 10.2. The van der Waals surface area contributed by atoms with Gasteiger partial charge in [-0.2, -0.15) is 0 Å². The van der Waals surface area contributed by atoms with Crippen LogP contribution in [0.25, 0.3) is 0 Å². The molecule has 7 heteroatoms. The number of methoxy groups -OCH3 is 1. The summed E-state index contributed by atoms with van der Waals surface area (Å²) >= 11 is 0. The van der Waals surface area contributed by atoms with Gasteiger partial charge in [0.25, 0.3) is 0 Å². The molecule has 1 heterocycles. The van der Waals surface area contributed by atoms with Crippen LogP contribution in [0, 0.1) is 10.1 Å². The second-order valence-electron chi connectivity index (χ2n) is 4.67. The monoisotopic (exact) mass is 291 g/mol. The lowest BCUT2D eigenvalue weighted by molar-refractivity contribution is -0.385. The van der Waals surface area contributed by atoms with Crippen molar-refractivity contribution in [1.29, 1.82) is 0 Å². The quantitative estimate of drug-likeness (QED) is 0.602. The maximum absolute atomic E-state index is 12.1. The van der Waals surface area contributed by atoms with E-state index in [0.29, 0.717) is 18.7 Å². The van der Waals surface area contributed by atoms with Crippen LogP contribution in [0.1, 0.15) is 18.9 Å². The zero-order chi connectivity index (χ0) is 15.4. The van der Waals surface area contributed by atoms with Crippen molar-refractivity contribution in [2.45, 2.75) is 26.4 Å². The van der Waals surface area contributed by atoms with Crippen LogP contribution in [0.3, 0.4) is 0 Å². The fraction of sp³-hybridized carbons (Fsp3) is 0.357. The maximum atomic E-state index is 12.1. The molecule has 7 nitrogen and oxygen atoms in total. The highest BCUT2D eigenvalue weighted by Gasteiger charge is 2.15. The van der Waals surface area contributed by atoms with E-state index in [1.807, 2.05) is 6.92 Å². The molecule has 0 amide bonds. The van der Waals surface area contributed by atoms with Crippen LogP contribution in [-0.4, -0.2) is 21.2 Å². The van der Waals surface area contributed by atoms with Gasteiger partial charge in [-0.3, -0.25) is 19.2 Å². The number of rotatable bonds is 6. The van der Waals surface area contributed by atoms with E-state index in [4.69, 9.17) is 4.74 Å². The van der Waals surface area contributed by atoms with E-state index >= 15 is 0 Å². The molecule has 0 spiro atoms. The highest BCUT2D eigenvalue weighted by Crippen LogP contribution is 2.27. The van der Waals surface area contributed by atoms with Crippen LogP contribution < -0.4 is 10.4 Å². The van der Waals surface area contributed by atoms with E-state index in [1.54, 1.807) is 29.1 Å². The van der Waals surface area contributed by atoms with Gasteiger partial charge in [0, 0.05) is 25.0 Å². The minimum atomic E-state index is -0.493. The topological polar surface area (TPSA) is 79.3 Å². The van der Waals surface area contributed by atoms with Gasteiger partial charge < -0.3 is 4.74 Å². The first-order valence-corrected chi connectivity index (χ1v) is 6.63. The largest absolute Gasteiger partial charge is 0.490 e. The molecule has 0 unspecified atom stereocenters. The molecule has 1 aromatic carbocycles. The van der Waals surface area contributed by atoms with Crippen molar-refractivity contribution in [1.82, 2.24) is 9.13 Å². The van der Waals surface area contributed by atoms with Crippen LogP contribution in [0.5, 0.6) is 5.75 Å². The van der Waals surface area contributed by atoms with Gasteiger partial charge in [-0.05, 0) is 18.1 Å². The third-order valence-electron chi connectivity index (χ3n) is 3.18. The number of nitro benzene ring substituents is 1. The van der Waals surface area contributed by atoms with E-state index in [-0.39, 0.29) is 17.1 Å². The molecule has 1 aromatic heterocycles. The van der Waals surface area contributed by atoms with E-state index in [0.717, 1.165) is 6.42 Å². The third-order valence-corrected chi connectivity index (χ3v) is 3.18. The molecule has 0 N–H and O–H groups in total. The van der Waals surface area contributed by atoms with E-state index in [2.05, 4.69) is 0 Å². The van der Waals surface area contributed by atoms with Gasteiger partial charge in [0.05, 0.1) is 18.6 Å².